The highest BCUT2D eigenvalue weighted by Gasteiger charge is 2.17. The minimum Gasteiger partial charge on any atom is -0.496 e. The monoisotopic (exact) mass is 326 g/mol. The second kappa shape index (κ2) is 5.44. The summed E-state index contributed by atoms with van der Waals surface area (Å²) in [5, 5.41) is 11.2. The molecule has 0 amide bonds. The summed E-state index contributed by atoms with van der Waals surface area (Å²) in [6.07, 6.45) is 1.60. The summed E-state index contributed by atoms with van der Waals surface area (Å²) in [6.45, 7) is 0. The second-order valence-corrected chi connectivity index (χ2v) is 5.64. The Kier molecular flexibility index (Phi) is 3.27. The van der Waals surface area contributed by atoms with Crippen LogP contribution in [0.2, 0.25) is 0 Å². The largest absolute Gasteiger partial charge is 0.496 e. The number of fused-ring (bicyclic) bond motifs is 1. The Hall–Kier alpha value is -2.80. The van der Waals surface area contributed by atoms with Gasteiger partial charge in [0.25, 0.3) is 0 Å². The van der Waals surface area contributed by atoms with Crippen molar-refractivity contribution in [1.29, 1.82) is 0 Å². The number of H-pyrrole nitrogens is 1. The molecule has 0 radical (unpaired) electrons. The highest BCUT2D eigenvalue weighted by molar-refractivity contribution is 7.08. The van der Waals surface area contributed by atoms with E-state index in [1.165, 1.54) is 13.2 Å². The van der Waals surface area contributed by atoms with Crippen LogP contribution in [-0.2, 0) is 0 Å². The third-order valence-corrected chi connectivity index (χ3v) is 4.20. The molecule has 23 heavy (non-hydrogen) atoms. The lowest BCUT2D eigenvalue weighted by atomic mass is 10.1. The van der Waals surface area contributed by atoms with Crippen LogP contribution >= 0.6 is 11.3 Å². The predicted molar refractivity (Wildman–Crippen MR) is 86.9 cm³/mol. The molecule has 0 fully saturated rings. The number of aromatic nitrogens is 4. The summed E-state index contributed by atoms with van der Waals surface area (Å²) in [5.74, 6) is 0.236. The van der Waals surface area contributed by atoms with Crippen LogP contribution in [0.4, 0.5) is 4.39 Å². The Labute approximate surface area is 134 Å². The first-order chi connectivity index (χ1) is 11.3. The van der Waals surface area contributed by atoms with E-state index in [0.717, 1.165) is 11.3 Å². The number of nitrogens with zero attached hydrogens (tertiary/aromatic N) is 3. The first-order valence-corrected chi connectivity index (χ1v) is 7.79. The van der Waals surface area contributed by atoms with Crippen molar-refractivity contribution < 1.29 is 9.13 Å². The summed E-state index contributed by atoms with van der Waals surface area (Å²) >= 11 is 1.58. The molecule has 3 heterocycles. The summed E-state index contributed by atoms with van der Waals surface area (Å²) in [7, 11) is 1.49. The fraction of sp³-hybridized carbons (Fsp3) is 0.0625. The molecule has 0 aliphatic heterocycles. The summed E-state index contributed by atoms with van der Waals surface area (Å²) in [5.41, 5.74) is 3.28. The highest BCUT2D eigenvalue weighted by Crippen LogP contribution is 2.32. The van der Waals surface area contributed by atoms with Gasteiger partial charge in [-0.2, -0.15) is 16.4 Å². The lowest BCUT2D eigenvalue weighted by Crippen LogP contribution is -1.96. The van der Waals surface area contributed by atoms with Crippen LogP contribution in [0, 0.1) is 5.82 Å². The predicted octanol–water partition coefficient (Wildman–Crippen LogP) is 3.90. The van der Waals surface area contributed by atoms with Crippen LogP contribution in [0.15, 0.2) is 41.2 Å². The van der Waals surface area contributed by atoms with Crippen molar-refractivity contribution >= 4 is 22.4 Å². The zero-order valence-electron chi connectivity index (χ0n) is 12.1. The van der Waals surface area contributed by atoms with E-state index in [4.69, 9.17) is 4.74 Å². The lowest BCUT2D eigenvalue weighted by molar-refractivity contribution is 0.413. The molecule has 0 unspecified atom stereocenters. The molecule has 0 atom stereocenters. The van der Waals surface area contributed by atoms with Gasteiger partial charge in [-0.15, -0.1) is 0 Å². The number of halogens is 1. The van der Waals surface area contributed by atoms with Gasteiger partial charge in [0.1, 0.15) is 28.3 Å². The van der Waals surface area contributed by atoms with Crippen LogP contribution in [0.1, 0.15) is 0 Å². The SMILES string of the molecule is COc1cccc(F)c1-c1ncc2[nH]nc(-c3ccsc3)c2n1. The molecule has 0 bridgehead atoms. The minimum absolute atomic E-state index is 0.245. The molecule has 114 valence electrons. The minimum atomic E-state index is -0.427. The first kappa shape index (κ1) is 13.8. The zero-order valence-corrected chi connectivity index (χ0v) is 12.9. The average molecular weight is 326 g/mol. The molecule has 5 nitrogen and oxygen atoms in total. The quantitative estimate of drug-likeness (QED) is 0.620. The Morgan fingerprint density at radius 3 is 2.96 bits per heavy atom. The van der Waals surface area contributed by atoms with Crippen molar-refractivity contribution in [3.8, 4) is 28.4 Å². The molecule has 0 saturated carbocycles. The van der Waals surface area contributed by atoms with E-state index < -0.39 is 5.82 Å². The van der Waals surface area contributed by atoms with E-state index in [0.29, 0.717) is 16.8 Å². The molecule has 7 heteroatoms. The number of methoxy groups -OCH3 is 1. The van der Waals surface area contributed by atoms with Crippen LogP contribution in [0.5, 0.6) is 5.75 Å². The molecule has 4 aromatic rings. The average Bonchev–Trinajstić information content (AvgIpc) is 3.22. The van der Waals surface area contributed by atoms with Crippen LogP contribution in [-0.4, -0.2) is 27.3 Å². The van der Waals surface area contributed by atoms with Crippen molar-refractivity contribution in [1.82, 2.24) is 20.2 Å². The maximum Gasteiger partial charge on any atom is 0.166 e. The molecule has 3 aromatic heterocycles. The molecule has 0 saturated heterocycles. The maximum absolute atomic E-state index is 14.2. The van der Waals surface area contributed by atoms with E-state index in [1.807, 2.05) is 16.8 Å². The summed E-state index contributed by atoms with van der Waals surface area (Å²) in [6, 6.07) is 6.60. The number of thiophene rings is 1. The number of hydrogen-bond acceptors (Lipinski definition) is 5. The molecule has 1 N–H and O–H groups in total. The zero-order chi connectivity index (χ0) is 15.8. The Balaban J connectivity index is 1.95. The van der Waals surface area contributed by atoms with Gasteiger partial charge < -0.3 is 4.74 Å². The van der Waals surface area contributed by atoms with Gasteiger partial charge >= 0.3 is 0 Å². The van der Waals surface area contributed by atoms with Crippen molar-refractivity contribution in [2.24, 2.45) is 0 Å². The van der Waals surface area contributed by atoms with E-state index in [-0.39, 0.29) is 11.4 Å². The molecular weight excluding hydrogens is 315 g/mol. The fourth-order valence-corrected chi connectivity index (χ4v) is 3.07. The Morgan fingerprint density at radius 2 is 2.17 bits per heavy atom. The molecule has 0 aliphatic carbocycles. The van der Waals surface area contributed by atoms with Crippen molar-refractivity contribution in [2.45, 2.75) is 0 Å². The number of ether oxygens (including phenoxy) is 1. The molecular formula is C16H11FN4OS. The van der Waals surface area contributed by atoms with Gasteiger partial charge in [0, 0.05) is 10.9 Å². The smallest absolute Gasteiger partial charge is 0.166 e. The Morgan fingerprint density at radius 1 is 1.26 bits per heavy atom. The standard InChI is InChI=1S/C16H11FN4OS/c1-22-12-4-2-3-10(17)13(12)16-18-7-11-15(19-16)14(21-20-11)9-5-6-23-8-9/h2-8H,1H3,(H,20,21). The number of aromatic amines is 1. The highest BCUT2D eigenvalue weighted by atomic mass is 32.1. The normalized spacial score (nSPS) is 11.0. The van der Waals surface area contributed by atoms with Gasteiger partial charge in [0.15, 0.2) is 5.82 Å². The van der Waals surface area contributed by atoms with Gasteiger partial charge in [-0.05, 0) is 23.6 Å². The first-order valence-electron chi connectivity index (χ1n) is 6.84. The number of benzene rings is 1. The number of nitrogens with one attached hydrogen (secondary N) is 1. The molecule has 1 aromatic carbocycles. The third kappa shape index (κ3) is 2.25. The number of hydrogen-bond donors (Lipinski definition) is 1. The third-order valence-electron chi connectivity index (χ3n) is 3.51. The molecule has 4 rings (SSSR count). The van der Waals surface area contributed by atoms with E-state index in [9.17, 15) is 4.39 Å². The van der Waals surface area contributed by atoms with Gasteiger partial charge in [0.05, 0.1) is 18.9 Å². The molecule has 0 aliphatic rings. The van der Waals surface area contributed by atoms with E-state index in [1.54, 1.807) is 29.7 Å². The van der Waals surface area contributed by atoms with Crippen molar-refractivity contribution in [3.63, 3.8) is 0 Å². The van der Waals surface area contributed by atoms with Crippen molar-refractivity contribution in [3.05, 3.63) is 47.0 Å². The maximum atomic E-state index is 14.2. The summed E-state index contributed by atoms with van der Waals surface area (Å²) < 4.78 is 19.5. The molecule has 0 spiro atoms. The van der Waals surface area contributed by atoms with Crippen LogP contribution in [0.3, 0.4) is 0 Å². The van der Waals surface area contributed by atoms with E-state index >= 15 is 0 Å². The van der Waals surface area contributed by atoms with Crippen LogP contribution < -0.4 is 4.74 Å². The van der Waals surface area contributed by atoms with Gasteiger partial charge in [0.2, 0.25) is 0 Å². The second-order valence-electron chi connectivity index (χ2n) is 4.86. The number of rotatable bonds is 3. The summed E-state index contributed by atoms with van der Waals surface area (Å²) in [4.78, 5) is 8.75. The van der Waals surface area contributed by atoms with Gasteiger partial charge in [-0.25, -0.2) is 14.4 Å². The fourth-order valence-electron chi connectivity index (χ4n) is 2.43. The Bertz CT molecular complexity index is 981. The van der Waals surface area contributed by atoms with E-state index in [2.05, 4.69) is 20.2 Å². The lowest BCUT2D eigenvalue weighted by Gasteiger charge is -2.08. The van der Waals surface area contributed by atoms with Crippen LogP contribution in [0.25, 0.3) is 33.7 Å². The van der Waals surface area contributed by atoms with Gasteiger partial charge in [-0.1, -0.05) is 6.07 Å². The topological polar surface area (TPSA) is 63.7 Å². The van der Waals surface area contributed by atoms with Gasteiger partial charge in [-0.3, -0.25) is 5.10 Å². The van der Waals surface area contributed by atoms with Crippen molar-refractivity contribution in [2.75, 3.05) is 7.11 Å².